The van der Waals surface area contributed by atoms with E-state index in [0.29, 0.717) is 5.04 Å². The summed E-state index contributed by atoms with van der Waals surface area (Å²) in [6.45, 7) is 0. The summed E-state index contributed by atoms with van der Waals surface area (Å²) in [5, 5.41) is 3.20. The van der Waals surface area contributed by atoms with Crippen molar-refractivity contribution in [2.75, 3.05) is 0 Å². The van der Waals surface area contributed by atoms with Crippen molar-refractivity contribution in [2.45, 2.75) is 0 Å². The van der Waals surface area contributed by atoms with Crippen LogP contribution in [0.4, 0.5) is 0 Å². The monoisotopic (exact) mass is 176 g/mol. The fourth-order valence-electron chi connectivity index (χ4n) is 0.999. The molecule has 1 aliphatic rings. The molecule has 60 valence electrons. The molecule has 0 fully saturated rings. The van der Waals surface area contributed by atoms with Gasteiger partial charge in [0.05, 0.1) is 0 Å². The van der Waals surface area contributed by atoms with Gasteiger partial charge in [0.1, 0.15) is 5.04 Å². The summed E-state index contributed by atoms with van der Waals surface area (Å²) in [5.41, 5.74) is 0.900. The van der Waals surface area contributed by atoms with E-state index in [1.54, 1.807) is 0 Å². The van der Waals surface area contributed by atoms with Gasteiger partial charge in [-0.3, -0.25) is 9.20 Å². The van der Waals surface area contributed by atoms with Gasteiger partial charge in [0.15, 0.2) is 0 Å². The van der Waals surface area contributed by atoms with Gasteiger partial charge >= 0.3 is 0 Å². The quantitative estimate of drug-likeness (QED) is 0.596. The molecule has 3 heteroatoms. The first-order valence-corrected chi connectivity index (χ1v) is 4.66. The second-order valence-corrected chi connectivity index (χ2v) is 3.48. The zero-order chi connectivity index (χ0) is 8.39. The molecule has 1 aliphatic heterocycles. The third-order valence-corrected chi connectivity index (χ3v) is 2.55. The standard InChI is InChI=1S/C9H6NOS/c11-12-7-6-10-9(12)8-4-2-1-3-5-8/h1-6H/q-1. The molecule has 1 heterocycles. The van der Waals surface area contributed by atoms with Crippen LogP contribution in [0.1, 0.15) is 5.56 Å². The minimum atomic E-state index is -1.17. The minimum absolute atomic E-state index is 0.593. The highest BCUT2D eigenvalue weighted by Crippen LogP contribution is 2.09. The average molecular weight is 176 g/mol. The molecule has 0 saturated carbocycles. The highest BCUT2D eigenvalue weighted by Gasteiger charge is 2.03. The van der Waals surface area contributed by atoms with E-state index in [0.717, 1.165) is 5.56 Å². The van der Waals surface area contributed by atoms with Crippen LogP contribution >= 0.6 is 0 Å². The Kier molecular flexibility index (Phi) is 1.87. The Labute approximate surface area is 73.1 Å². The van der Waals surface area contributed by atoms with Crippen molar-refractivity contribution in [2.24, 2.45) is 4.99 Å². The SMILES string of the molecule is O=S1[C-]=CN=C1c1ccccc1. The molecule has 0 aromatic heterocycles. The van der Waals surface area contributed by atoms with Crippen molar-refractivity contribution in [1.29, 1.82) is 0 Å². The molecule has 0 radical (unpaired) electrons. The highest BCUT2D eigenvalue weighted by molar-refractivity contribution is 8.02. The largest absolute Gasteiger partial charge is 0.371 e. The van der Waals surface area contributed by atoms with Crippen LogP contribution in [0.5, 0.6) is 0 Å². The highest BCUT2D eigenvalue weighted by atomic mass is 32.2. The van der Waals surface area contributed by atoms with Crippen LogP contribution in [-0.2, 0) is 10.8 Å². The Bertz CT molecular complexity index is 367. The first kappa shape index (κ1) is 7.43. The van der Waals surface area contributed by atoms with E-state index in [9.17, 15) is 4.21 Å². The molecule has 0 aliphatic carbocycles. The number of aliphatic imine (C=N–C) groups is 1. The molecule has 0 spiro atoms. The summed E-state index contributed by atoms with van der Waals surface area (Å²) in [6.07, 6.45) is 1.46. The average Bonchev–Trinajstić information content (AvgIpc) is 2.53. The second kappa shape index (κ2) is 3.03. The number of hydrogen-bond donors (Lipinski definition) is 0. The summed E-state index contributed by atoms with van der Waals surface area (Å²) >= 11 is 0. The number of rotatable bonds is 1. The molecule has 0 bridgehead atoms. The smallest absolute Gasteiger partial charge is 0.100 e. The second-order valence-electron chi connectivity index (χ2n) is 2.32. The molecule has 1 aromatic rings. The Hall–Kier alpha value is -1.22. The molecule has 0 amide bonds. The van der Waals surface area contributed by atoms with E-state index < -0.39 is 10.8 Å². The molecule has 1 aromatic carbocycles. The first-order chi connectivity index (χ1) is 5.88. The maximum atomic E-state index is 11.2. The van der Waals surface area contributed by atoms with Gasteiger partial charge < -0.3 is 5.41 Å². The van der Waals surface area contributed by atoms with E-state index in [4.69, 9.17) is 0 Å². The van der Waals surface area contributed by atoms with Gasteiger partial charge in [0.2, 0.25) is 0 Å². The maximum Gasteiger partial charge on any atom is 0.100 e. The lowest BCUT2D eigenvalue weighted by Gasteiger charge is -2.03. The van der Waals surface area contributed by atoms with Crippen LogP contribution in [0.15, 0.2) is 41.5 Å². The third-order valence-electron chi connectivity index (χ3n) is 1.54. The molecular weight excluding hydrogens is 170 g/mol. The van der Waals surface area contributed by atoms with Gasteiger partial charge in [-0.2, -0.15) is 0 Å². The molecule has 0 saturated heterocycles. The van der Waals surface area contributed by atoms with Gasteiger partial charge in [-0.1, -0.05) is 41.1 Å². The molecule has 1 atom stereocenters. The van der Waals surface area contributed by atoms with Crippen LogP contribution in [-0.4, -0.2) is 9.25 Å². The number of hydrogen-bond acceptors (Lipinski definition) is 2. The number of benzene rings is 1. The van der Waals surface area contributed by atoms with Gasteiger partial charge in [-0.15, -0.1) is 6.20 Å². The van der Waals surface area contributed by atoms with E-state index in [1.165, 1.54) is 6.20 Å². The van der Waals surface area contributed by atoms with Gasteiger partial charge in [0.25, 0.3) is 0 Å². The van der Waals surface area contributed by atoms with E-state index in [2.05, 4.69) is 10.4 Å². The van der Waals surface area contributed by atoms with E-state index >= 15 is 0 Å². The lowest BCUT2D eigenvalue weighted by Crippen LogP contribution is -2.02. The zero-order valence-corrected chi connectivity index (χ0v) is 7.04. The Balaban J connectivity index is 2.40. The summed E-state index contributed by atoms with van der Waals surface area (Å²) in [5.74, 6) is 0. The molecule has 12 heavy (non-hydrogen) atoms. The summed E-state index contributed by atoms with van der Waals surface area (Å²) < 4.78 is 11.2. The minimum Gasteiger partial charge on any atom is -0.371 e. The van der Waals surface area contributed by atoms with Crippen LogP contribution in [0.3, 0.4) is 0 Å². The van der Waals surface area contributed by atoms with Crippen molar-refractivity contribution in [3.05, 3.63) is 47.5 Å². The molecular formula is C9H6NOS-. The van der Waals surface area contributed by atoms with E-state index in [1.807, 2.05) is 30.3 Å². The molecule has 2 rings (SSSR count). The molecule has 2 nitrogen and oxygen atoms in total. The van der Waals surface area contributed by atoms with Crippen molar-refractivity contribution < 1.29 is 4.21 Å². The Morgan fingerprint density at radius 1 is 1.25 bits per heavy atom. The fraction of sp³-hybridized carbons (Fsp3) is 0. The third kappa shape index (κ3) is 1.23. The zero-order valence-electron chi connectivity index (χ0n) is 6.23. The van der Waals surface area contributed by atoms with E-state index in [-0.39, 0.29) is 0 Å². The van der Waals surface area contributed by atoms with Crippen LogP contribution in [0.2, 0.25) is 0 Å². The van der Waals surface area contributed by atoms with Crippen molar-refractivity contribution in [3.8, 4) is 0 Å². The first-order valence-electron chi connectivity index (χ1n) is 3.51. The Morgan fingerprint density at radius 2 is 2.00 bits per heavy atom. The van der Waals surface area contributed by atoms with Gasteiger partial charge in [-0.25, -0.2) is 0 Å². The maximum absolute atomic E-state index is 11.2. The lowest BCUT2D eigenvalue weighted by atomic mass is 10.2. The Morgan fingerprint density at radius 3 is 2.58 bits per heavy atom. The van der Waals surface area contributed by atoms with Crippen LogP contribution < -0.4 is 0 Å². The lowest BCUT2D eigenvalue weighted by molar-refractivity contribution is 0.694. The van der Waals surface area contributed by atoms with Gasteiger partial charge in [-0.05, 0) is 0 Å². The number of nitrogens with zero attached hydrogens (tertiary/aromatic N) is 1. The fourth-order valence-corrected chi connectivity index (χ4v) is 1.76. The van der Waals surface area contributed by atoms with Crippen molar-refractivity contribution >= 4 is 15.8 Å². The van der Waals surface area contributed by atoms with Gasteiger partial charge in [0, 0.05) is 5.56 Å². The van der Waals surface area contributed by atoms with Crippen molar-refractivity contribution in [3.63, 3.8) is 0 Å². The van der Waals surface area contributed by atoms with Crippen LogP contribution in [0, 0.1) is 5.41 Å². The molecule has 0 N–H and O–H groups in total. The van der Waals surface area contributed by atoms with Crippen LogP contribution in [0.25, 0.3) is 0 Å². The topological polar surface area (TPSA) is 29.4 Å². The molecule has 1 unspecified atom stereocenters. The summed E-state index contributed by atoms with van der Waals surface area (Å²) in [6, 6.07) is 9.48. The predicted octanol–water partition coefficient (Wildman–Crippen LogP) is 1.47. The summed E-state index contributed by atoms with van der Waals surface area (Å²) in [4.78, 5) is 3.97. The predicted molar refractivity (Wildman–Crippen MR) is 48.9 cm³/mol. The summed E-state index contributed by atoms with van der Waals surface area (Å²) in [7, 11) is -1.17. The normalized spacial score (nSPS) is 21.0. The van der Waals surface area contributed by atoms with Crippen molar-refractivity contribution in [1.82, 2.24) is 0 Å².